The maximum Gasteiger partial charge on any atom is 0.301 e. The highest BCUT2D eigenvalue weighted by atomic mass is 32.2. The van der Waals surface area contributed by atoms with E-state index in [1.807, 2.05) is 104 Å². The Balaban J connectivity index is 0.000000153. The highest BCUT2D eigenvalue weighted by molar-refractivity contribution is 7.98. The number of hydrogen-bond donors (Lipinski definition) is 1. The van der Waals surface area contributed by atoms with Crippen LogP contribution >= 0.6 is 11.8 Å². The molecule has 4 heterocycles. The molecule has 0 saturated carbocycles. The van der Waals surface area contributed by atoms with Gasteiger partial charge in [0.05, 0.1) is 28.9 Å². The van der Waals surface area contributed by atoms with Crippen molar-refractivity contribution in [1.29, 1.82) is 0 Å². The van der Waals surface area contributed by atoms with Gasteiger partial charge < -0.3 is 19.9 Å². The molecule has 0 aliphatic carbocycles. The third-order valence-electron chi connectivity index (χ3n) is 13.0. The molecule has 0 aliphatic rings. The van der Waals surface area contributed by atoms with Gasteiger partial charge in [-0.1, -0.05) is 157 Å². The second kappa shape index (κ2) is 27.4. The summed E-state index contributed by atoms with van der Waals surface area (Å²) in [5, 5.41) is 18.3. The van der Waals surface area contributed by atoms with Crippen LogP contribution in [0, 0.1) is 34.6 Å². The minimum Gasteiger partial charge on any atom is -0.456 e. The molecular weight excluding hydrogens is 1070 g/mol. The Morgan fingerprint density at radius 3 is 1.22 bits per heavy atom. The van der Waals surface area contributed by atoms with Crippen LogP contribution in [0.3, 0.4) is 0 Å². The first-order chi connectivity index (χ1) is 39.0. The quantitative estimate of drug-likeness (QED) is 0.128. The van der Waals surface area contributed by atoms with E-state index < -0.39 is 9.84 Å². The van der Waals surface area contributed by atoms with E-state index in [-0.39, 0.29) is 35.4 Å². The van der Waals surface area contributed by atoms with Crippen LogP contribution in [-0.2, 0) is 19.4 Å². The van der Waals surface area contributed by atoms with Gasteiger partial charge in [-0.25, -0.2) is 28.4 Å². The Hall–Kier alpha value is -9.00. The van der Waals surface area contributed by atoms with Crippen molar-refractivity contribution in [2.45, 2.75) is 58.8 Å². The molecule has 0 unspecified atom stereocenters. The number of ether oxygens (including phenoxy) is 1. The molecule has 12 rings (SSSR count). The first-order valence-corrected chi connectivity index (χ1v) is 29.1. The van der Waals surface area contributed by atoms with Gasteiger partial charge in [-0.3, -0.25) is 23.3 Å². The molecule has 0 radical (unpaired) electrons. The lowest BCUT2D eigenvalue weighted by Crippen LogP contribution is -2.11. The minimum absolute atomic E-state index is 0. The number of aliphatic hydroxyl groups excluding tert-OH is 1. The van der Waals surface area contributed by atoms with Gasteiger partial charge in [-0.15, -0.1) is 0 Å². The number of aromatic nitrogens is 8. The molecule has 15 nitrogen and oxygen atoms in total. The van der Waals surface area contributed by atoms with E-state index in [1.165, 1.54) is 58.7 Å². The van der Waals surface area contributed by atoms with E-state index in [9.17, 15) is 18.0 Å². The molecule has 420 valence electrons. The van der Waals surface area contributed by atoms with Gasteiger partial charge in [0.15, 0.2) is 16.7 Å². The monoisotopic (exact) mass is 1130 g/mol. The Morgan fingerprint density at radius 2 is 0.817 bits per heavy atom. The third-order valence-corrected chi connectivity index (χ3v) is 14.6. The molecule has 8 aromatic carbocycles. The lowest BCUT2D eigenvalue weighted by atomic mass is 10.1. The molecule has 0 fully saturated rings. The number of fused-ring (bicyclic) bond motifs is 4. The molecule has 0 amide bonds. The first kappa shape index (κ1) is 60.6. The molecule has 12 aromatic rings. The summed E-state index contributed by atoms with van der Waals surface area (Å²) in [5.41, 5.74) is 8.32. The zero-order valence-electron chi connectivity index (χ0n) is 47.3. The summed E-state index contributed by atoms with van der Waals surface area (Å²) in [6.07, 6.45) is 10.4. The maximum absolute atomic E-state index is 11.9. The molecule has 0 atom stereocenters. The Bertz CT molecular complexity index is 4250. The molecule has 0 spiro atoms. The zero-order chi connectivity index (χ0) is 57.8. The maximum atomic E-state index is 11.9. The van der Waals surface area contributed by atoms with Crippen molar-refractivity contribution >= 4 is 76.3 Å². The summed E-state index contributed by atoms with van der Waals surface area (Å²) in [7, 11) is -3.38. The number of ketones is 2. The Morgan fingerprint density at radius 1 is 0.476 bits per heavy atom. The van der Waals surface area contributed by atoms with E-state index in [0.717, 1.165) is 61.0 Å². The van der Waals surface area contributed by atoms with Crippen molar-refractivity contribution in [3.63, 3.8) is 0 Å². The average Bonchev–Trinajstić information content (AvgIpc) is 4.43. The van der Waals surface area contributed by atoms with Crippen molar-refractivity contribution in [1.82, 2.24) is 38.2 Å². The topological polar surface area (TPSA) is 201 Å². The molecule has 17 heteroatoms. The van der Waals surface area contributed by atoms with Crippen LogP contribution in [0.15, 0.2) is 205 Å². The Labute approximate surface area is 481 Å². The smallest absolute Gasteiger partial charge is 0.301 e. The second-order valence-electron chi connectivity index (χ2n) is 19.2. The number of aryl methyl sites for hydroxylation is 5. The molecule has 4 aromatic heterocycles. The van der Waals surface area contributed by atoms with Gasteiger partial charge in [0, 0.05) is 69.2 Å². The fourth-order valence-corrected chi connectivity index (χ4v) is 10.7. The fraction of sp³-hybridized carbons (Fsp3) is 0.169. The normalized spacial score (nSPS) is 10.8. The van der Waals surface area contributed by atoms with E-state index in [4.69, 9.17) is 9.84 Å². The van der Waals surface area contributed by atoms with E-state index >= 15 is 0 Å². The summed E-state index contributed by atoms with van der Waals surface area (Å²) < 4.78 is 37.4. The number of nitrogens with zero attached hydrogens (tertiary/aromatic N) is 8. The molecule has 0 saturated heterocycles. The number of sulfone groups is 1. The minimum atomic E-state index is -3.38. The van der Waals surface area contributed by atoms with Gasteiger partial charge in [0.1, 0.15) is 19.0 Å². The van der Waals surface area contributed by atoms with Crippen LogP contribution in [-0.4, -0.2) is 94.5 Å². The van der Waals surface area contributed by atoms with Crippen molar-refractivity contribution in [2.24, 2.45) is 0 Å². The number of rotatable bonds is 10. The van der Waals surface area contributed by atoms with Crippen molar-refractivity contribution < 1.29 is 33.3 Å². The lowest BCUT2D eigenvalue weighted by Gasteiger charge is -2.12. The average molecular weight is 1140 g/mol. The van der Waals surface area contributed by atoms with Crippen LogP contribution in [0.25, 0.3) is 65.8 Å². The predicted octanol–water partition coefficient (Wildman–Crippen LogP) is 12.5. The SMILES string of the molecule is CC(=O)CO.CC(=O)COc1ncc(C)n1-c1cccc2ccccc12.CSc1ncc(C)n1-c1cccc2ccccc12.Cc1cnc(C)n1-c1cccc2ccccc12.Cc1cnc(S(C)(=O)=O)n1-c1cccc2ccccc12.O. The Kier molecular flexibility index (Phi) is 20.3. The number of hydrogen-bond acceptors (Lipinski definition) is 11. The summed E-state index contributed by atoms with van der Waals surface area (Å²) >= 11 is 1.67. The number of Topliss-reactive ketones (excluding diaryl/α,β-unsaturated/α-hetero) is 2. The van der Waals surface area contributed by atoms with Crippen molar-refractivity contribution in [3.8, 4) is 28.8 Å². The van der Waals surface area contributed by atoms with Gasteiger partial charge in [-0.05, 0) is 101 Å². The lowest BCUT2D eigenvalue weighted by molar-refractivity contribution is -0.120. The summed E-state index contributed by atoms with van der Waals surface area (Å²) in [6.45, 7) is 12.6. The number of carbonyl (C=O) groups is 2. The predicted molar refractivity (Wildman–Crippen MR) is 330 cm³/mol. The van der Waals surface area contributed by atoms with Crippen LogP contribution in [0.5, 0.6) is 6.01 Å². The third kappa shape index (κ3) is 13.9. The molecule has 82 heavy (non-hydrogen) atoms. The van der Waals surface area contributed by atoms with Gasteiger partial charge >= 0.3 is 6.01 Å². The van der Waals surface area contributed by atoms with Crippen molar-refractivity contribution in [3.05, 3.63) is 223 Å². The number of aliphatic hydroxyl groups is 1. The molecular formula is C65H66N8O7S2. The zero-order valence-corrected chi connectivity index (χ0v) is 48.9. The van der Waals surface area contributed by atoms with Gasteiger partial charge in [-0.2, -0.15) is 0 Å². The highest BCUT2D eigenvalue weighted by Gasteiger charge is 2.20. The number of thioether (sulfide) groups is 1. The first-order valence-electron chi connectivity index (χ1n) is 26.0. The van der Waals surface area contributed by atoms with Crippen LogP contribution in [0.4, 0.5) is 0 Å². The molecule has 0 bridgehead atoms. The molecule has 0 aliphatic heterocycles. The largest absolute Gasteiger partial charge is 0.456 e. The van der Waals surface area contributed by atoms with E-state index in [0.29, 0.717) is 6.01 Å². The van der Waals surface area contributed by atoms with Crippen LogP contribution < -0.4 is 4.74 Å². The summed E-state index contributed by atoms with van der Waals surface area (Å²) in [4.78, 5) is 37.8. The number of benzene rings is 8. The molecule has 3 N–H and O–H groups in total. The standard InChI is InChI=1S/C17H16N2O2.C15H14N2O2S.C15H14N2S.C15H14N2.C3H6O2.H2O/c1-12-10-18-17(21-11-13(2)20)19(12)16-9-5-7-14-6-3-4-8-15(14)16;1-11-10-16-15(20(2,18)19)17(11)14-9-5-7-12-6-3-4-8-13(12)14;1-11-10-16-15(18-2)17(11)14-9-5-7-12-6-3-4-8-13(12)14;1-11-10-16-12(2)17(11)15-9-5-7-13-6-3-4-8-14(13)15;1-3(5)2-4;/h3-10H,11H2,1-2H3;3-10H,1-2H3;3-10H,1-2H3;3-10H,1-2H3;4H,2H2,1H3;1H2. The van der Waals surface area contributed by atoms with Gasteiger partial charge in [0.2, 0.25) is 15.0 Å². The van der Waals surface area contributed by atoms with Crippen LogP contribution in [0.1, 0.15) is 42.4 Å². The highest BCUT2D eigenvalue weighted by Crippen LogP contribution is 2.31. The number of carbonyl (C=O) groups excluding carboxylic acids is 2. The van der Waals surface area contributed by atoms with Crippen LogP contribution in [0.2, 0.25) is 0 Å². The van der Waals surface area contributed by atoms with E-state index in [2.05, 4.69) is 152 Å². The summed E-state index contributed by atoms with van der Waals surface area (Å²) in [6, 6.07) is 58.1. The van der Waals surface area contributed by atoms with Crippen molar-refractivity contribution in [2.75, 3.05) is 25.7 Å². The van der Waals surface area contributed by atoms with E-state index in [1.54, 1.807) is 28.7 Å². The van der Waals surface area contributed by atoms with Gasteiger partial charge in [0.25, 0.3) is 0 Å². The fourth-order valence-electron chi connectivity index (χ4n) is 9.33. The number of imidazole rings is 4. The second-order valence-corrected chi connectivity index (χ2v) is 21.8. The summed E-state index contributed by atoms with van der Waals surface area (Å²) in [5.74, 6) is 0.809.